The first-order valence-corrected chi connectivity index (χ1v) is 10.8. The number of aromatic nitrogens is 2. The molecule has 192 valence electrons. The van der Waals surface area contributed by atoms with E-state index in [0.29, 0.717) is 16.9 Å². The van der Waals surface area contributed by atoms with Gasteiger partial charge in [0.15, 0.2) is 0 Å². The van der Waals surface area contributed by atoms with Crippen LogP contribution in [0.4, 0.5) is 24.5 Å². The molecule has 0 aliphatic carbocycles. The van der Waals surface area contributed by atoms with Gasteiger partial charge in [-0.15, -0.1) is 0 Å². The Balaban J connectivity index is 1.95. The van der Waals surface area contributed by atoms with Crippen molar-refractivity contribution in [2.45, 2.75) is 26.6 Å². The van der Waals surface area contributed by atoms with Gasteiger partial charge in [0.2, 0.25) is 0 Å². The molecule has 0 aliphatic heterocycles. The summed E-state index contributed by atoms with van der Waals surface area (Å²) in [5.74, 6) is 5.69. The molecule has 0 fully saturated rings. The number of nitrogens with two attached hydrogens (primary N) is 2. The predicted octanol–water partition coefficient (Wildman–Crippen LogP) is 3.66. The fourth-order valence-corrected chi connectivity index (χ4v) is 3.66. The topological polar surface area (TPSA) is 134 Å². The van der Waals surface area contributed by atoms with Crippen LogP contribution in [0.2, 0.25) is 0 Å². The van der Waals surface area contributed by atoms with E-state index in [1.54, 1.807) is 32.3 Å². The van der Waals surface area contributed by atoms with Crippen molar-refractivity contribution in [1.29, 1.82) is 0 Å². The Morgan fingerprint density at radius 1 is 1.25 bits per heavy atom. The molecule has 1 heterocycles. The number of halogens is 3. The lowest BCUT2D eigenvalue weighted by molar-refractivity contribution is -0.137. The van der Waals surface area contributed by atoms with E-state index in [1.165, 1.54) is 24.4 Å². The maximum absolute atomic E-state index is 13.5. The normalized spacial score (nSPS) is 11.9. The van der Waals surface area contributed by atoms with Gasteiger partial charge in [-0.3, -0.25) is 14.9 Å². The minimum atomic E-state index is -4.61. The monoisotopic (exact) mass is 503 g/mol. The van der Waals surface area contributed by atoms with E-state index in [-0.39, 0.29) is 29.1 Å². The molecule has 0 aliphatic rings. The summed E-state index contributed by atoms with van der Waals surface area (Å²) in [6, 6.07) is 6.57. The number of amides is 1. The fraction of sp³-hybridized carbons (Fsp3) is 0.250. The minimum absolute atomic E-state index is 0.103. The second kappa shape index (κ2) is 10.7. The zero-order valence-electron chi connectivity index (χ0n) is 20.2. The molecule has 9 nitrogen and oxygen atoms in total. The van der Waals surface area contributed by atoms with Gasteiger partial charge in [-0.25, -0.2) is 5.84 Å². The molecule has 2 aromatic carbocycles. The van der Waals surface area contributed by atoms with Crippen LogP contribution in [0.25, 0.3) is 5.70 Å². The summed E-state index contributed by atoms with van der Waals surface area (Å²) >= 11 is 0. The predicted molar refractivity (Wildman–Crippen MR) is 132 cm³/mol. The van der Waals surface area contributed by atoms with Crippen molar-refractivity contribution in [1.82, 2.24) is 15.5 Å². The molecule has 7 N–H and O–H groups in total. The molecule has 0 atom stereocenters. The number of hydrazine groups is 1. The number of hydrogen-bond acceptors (Lipinski definition) is 7. The first-order valence-electron chi connectivity index (χ1n) is 10.8. The number of aromatic amines is 1. The second-order valence-corrected chi connectivity index (χ2v) is 8.10. The van der Waals surface area contributed by atoms with Crippen LogP contribution in [0.5, 0.6) is 5.75 Å². The van der Waals surface area contributed by atoms with Crippen LogP contribution in [-0.2, 0) is 12.7 Å². The number of benzene rings is 2. The molecule has 0 saturated heterocycles. The Morgan fingerprint density at radius 3 is 2.56 bits per heavy atom. The van der Waals surface area contributed by atoms with E-state index < -0.39 is 17.6 Å². The molecule has 3 aromatic rings. The average Bonchev–Trinajstić information content (AvgIpc) is 3.24. The SMILES string of the molecule is CNCc1cc(C(F)(F)F)cc(NC(=O)c2ccc(C)c(N(N)/C=C(\N)c3cn[nH]c3C)c2)c1OC. The molecule has 3 rings (SSSR count). The van der Waals surface area contributed by atoms with Crippen molar-refractivity contribution >= 4 is 23.0 Å². The number of carbonyl (C=O) groups is 1. The molecule has 0 spiro atoms. The van der Waals surface area contributed by atoms with E-state index in [1.807, 2.05) is 6.92 Å². The molecule has 0 unspecified atom stereocenters. The first-order chi connectivity index (χ1) is 17.0. The van der Waals surface area contributed by atoms with E-state index in [4.69, 9.17) is 16.3 Å². The minimum Gasteiger partial charge on any atom is -0.494 e. The van der Waals surface area contributed by atoms with Gasteiger partial charge in [-0.05, 0) is 50.7 Å². The third kappa shape index (κ3) is 5.78. The molecule has 0 bridgehead atoms. The van der Waals surface area contributed by atoms with Gasteiger partial charge in [0, 0.05) is 35.1 Å². The summed E-state index contributed by atoms with van der Waals surface area (Å²) in [7, 11) is 2.92. The van der Waals surface area contributed by atoms with Crippen molar-refractivity contribution in [3.63, 3.8) is 0 Å². The maximum Gasteiger partial charge on any atom is 0.416 e. The Morgan fingerprint density at radius 2 is 1.97 bits per heavy atom. The van der Waals surface area contributed by atoms with Crippen LogP contribution in [-0.4, -0.2) is 30.3 Å². The van der Waals surface area contributed by atoms with Crippen molar-refractivity contribution in [2.75, 3.05) is 24.5 Å². The maximum atomic E-state index is 13.5. The highest BCUT2D eigenvalue weighted by molar-refractivity contribution is 6.06. The van der Waals surface area contributed by atoms with Gasteiger partial charge < -0.3 is 21.1 Å². The Labute approximate surface area is 206 Å². The van der Waals surface area contributed by atoms with E-state index >= 15 is 0 Å². The van der Waals surface area contributed by atoms with Crippen LogP contribution in [0, 0.1) is 13.8 Å². The summed E-state index contributed by atoms with van der Waals surface area (Å²) in [5.41, 5.74) is 8.55. The van der Waals surface area contributed by atoms with Crippen LogP contribution < -0.4 is 32.0 Å². The lowest BCUT2D eigenvalue weighted by Gasteiger charge is -2.20. The molecule has 1 aromatic heterocycles. The zero-order chi connectivity index (χ0) is 26.6. The lowest BCUT2D eigenvalue weighted by Crippen LogP contribution is -2.27. The van der Waals surface area contributed by atoms with Crippen LogP contribution in [0.15, 0.2) is 42.7 Å². The molecular weight excluding hydrogens is 475 g/mol. The second-order valence-electron chi connectivity index (χ2n) is 8.10. The van der Waals surface area contributed by atoms with Crippen LogP contribution in [0.3, 0.4) is 0 Å². The molecule has 1 amide bonds. The highest BCUT2D eigenvalue weighted by Gasteiger charge is 2.32. The third-order valence-electron chi connectivity index (χ3n) is 5.48. The number of methoxy groups -OCH3 is 1. The summed E-state index contributed by atoms with van der Waals surface area (Å²) in [6.45, 7) is 3.71. The molecule has 0 saturated carbocycles. The van der Waals surface area contributed by atoms with Crippen molar-refractivity contribution in [3.05, 3.63) is 76.2 Å². The van der Waals surface area contributed by atoms with Gasteiger partial charge >= 0.3 is 6.18 Å². The molecule has 0 radical (unpaired) electrons. The van der Waals surface area contributed by atoms with Crippen LogP contribution >= 0.6 is 0 Å². The number of aryl methyl sites for hydroxylation is 2. The summed E-state index contributed by atoms with van der Waals surface area (Å²) in [4.78, 5) is 13.1. The van der Waals surface area contributed by atoms with E-state index in [9.17, 15) is 18.0 Å². The number of hydrogen-bond donors (Lipinski definition) is 5. The summed E-state index contributed by atoms with van der Waals surface area (Å²) in [5, 5.41) is 13.3. The number of alkyl halides is 3. The highest BCUT2D eigenvalue weighted by Crippen LogP contribution is 2.38. The molecular formula is C24H28F3N7O2. The van der Waals surface area contributed by atoms with E-state index in [0.717, 1.165) is 23.4 Å². The smallest absolute Gasteiger partial charge is 0.416 e. The summed E-state index contributed by atoms with van der Waals surface area (Å²) in [6.07, 6.45) is -1.55. The van der Waals surface area contributed by atoms with Gasteiger partial charge in [-0.1, -0.05) is 6.07 Å². The summed E-state index contributed by atoms with van der Waals surface area (Å²) < 4.78 is 45.8. The van der Waals surface area contributed by atoms with Crippen LogP contribution in [0.1, 0.15) is 38.3 Å². The third-order valence-corrected chi connectivity index (χ3v) is 5.48. The number of anilines is 2. The van der Waals surface area contributed by atoms with Gasteiger partial charge in [0.25, 0.3) is 5.91 Å². The highest BCUT2D eigenvalue weighted by atomic mass is 19.4. The fourth-order valence-electron chi connectivity index (χ4n) is 3.66. The van der Waals surface area contributed by atoms with Crippen molar-refractivity contribution in [2.24, 2.45) is 11.6 Å². The first kappa shape index (κ1) is 26.6. The van der Waals surface area contributed by atoms with E-state index in [2.05, 4.69) is 20.8 Å². The number of nitrogens with one attached hydrogen (secondary N) is 3. The Bertz CT molecular complexity index is 1290. The quantitative estimate of drug-likeness (QED) is 0.234. The number of rotatable bonds is 8. The largest absolute Gasteiger partial charge is 0.494 e. The molecule has 12 heteroatoms. The lowest BCUT2D eigenvalue weighted by atomic mass is 10.1. The standard InChI is InChI=1S/C24H28F3N7O2/c1-13-5-6-15(8-21(13)34(29)12-19(28)18-11-31-33-14(18)2)23(35)32-20-9-17(24(25,26)27)7-16(10-30-3)22(20)36-4/h5-9,11-12,30H,10,28-29H2,1-4H3,(H,31,33)(H,32,35)/b19-12-. The zero-order valence-corrected chi connectivity index (χ0v) is 20.2. The number of nitrogens with zero attached hydrogens (tertiary/aromatic N) is 2. The van der Waals surface area contributed by atoms with Crippen molar-refractivity contribution < 1.29 is 22.7 Å². The average molecular weight is 504 g/mol. The molecule has 36 heavy (non-hydrogen) atoms. The van der Waals surface area contributed by atoms with Gasteiger partial charge in [0.1, 0.15) is 5.75 Å². The number of ether oxygens (including phenoxy) is 1. The van der Waals surface area contributed by atoms with Gasteiger partial charge in [-0.2, -0.15) is 18.3 Å². The number of H-pyrrole nitrogens is 1. The Kier molecular flexibility index (Phi) is 7.90. The van der Waals surface area contributed by atoms with Gasteiger partial charge in [0.05, 0.1) is 35.9 Å². The van der Waals surface area contributed by atoms with Crippen molar-refractivity contribution in [3.8, 4) is 5.75 Å². The Hall–Kier alpha value is -4.03. The number of carbonyl (C=O) groups excluding carboxylic acids is 1.